The van der Waals surface area contributed by atoms with Crippen molar-refractivity contribution in [1.82, 2.24) is 4.40 Å². The lowest BCUT2D eigenvalue weighted by Crippen LogP contribution is -2.48. The zero-order valence-corrected chi connectivity index (χ0v) is 22.9. The molecule has 0 N–H and O–H groups in total. The normalized spacial score (nSPS) is 12.7. The number of nitrogens with zero attached hydrogens (tertiary/aromatic N) is 1. The summed E-state index contributed by atoms with van der Waals surface area (Å²) < 4.78 is 2.67. The lowest BCUT2D eigenvalue weighted by Gasteiger charge is -2.28. The minimum Gasteiger partial charge on any atom is -0.309 e. The molecule has 3 aromatic carbocycles. The van der Waals surface area contributed by atoms with E-state index in [0.717, 1.165) is 0 Å². The van der Waals surface area contributed by atoms with Gasteiger partial charge < -0.3 is 4.40 Å². The average molecular weight is 416 g/mol. The van der Waals surface area contributed by atoms with E-state index >= 15 is 0 Å². The molecule has 33 heavy (non-hydrogen) atoms. The van der Waals surface area contributed by atoms with Gasteiger partial charge in [-0.2, -0.15) is 0 Å². The Morgan fingerprint density at radius 2 is 0.727 bits per heavy atom. The van der Waals surface area contributed by atoms with E-state index in [4.69, 9.17) is 0 Å². The van der Waals surface area contributed by atoms with Crippen molar-refractivity contribution in [2.75, 3.05) is 0 Å². The number of hydrogen-bond donors (Lipinski definition) is 0. The van der Waals surface area contributed by atoms with Gasteiger partial charge in [0.15, 0.2) is 0 Å². The van der Waals surface area contributed by atoms with E-state index in [1.54, 1.807) is 0 Å². The van der Waals surface area contributed by atoms with E-state index in [1.807, 2.05) is 0 Å². The summed E-state index contributed by atoms with van der Waals surface area (Å²) in [5.41, 5.74) is 20.3. The second-order valence-electron chi connectivity index (χ2n) is 11.8. The molecule has 0 aliphatic carbocycles. The maximum absolute atomic E-state index is 2.67. The van der Waals surface area contributed by atoms with E-state index in [0.29, 0.717) is 0 Å². The number of rotatable bonds is 0. The minimum atomic E-state index is 0.100. The first-order valence-electron chi connectivity index (χ1n) is 12.4. The maximum atomic E-state index is 2.67. The lowest BCUT2D eigenvalue weighted by atomic mass is 9.62. The molecule has 2 aromatic heterocycles. The Kier molecular flexibility index (Phi) is 4.74. The smallest absolute Gasteiger partial charge is 0.142 e. The molecular weight excluding hydrogens is 386 g/mol. The summed E-state index contributed by atoms with van der Waals surface area (Å²) in [6.07, 6.45) is 0. The SMILES string of the molecule is Bc1c(B)c(B)c2c(c1B)c1c(B)c(B)c(B)c3c4c(B)c(B)c(C(C)(C)C)c(B)c4n2c13. The summed E-state index contributed by atoms with van der Waals surface area (Å²) in [4.78, 5) is 0. The molecule has 0 saturated carbocycles. The quantitative estimate of drug-likeness (QED) is 0.221. The van der Waals surface area contributed by atoms with Gasteiger partial charge in [0.2, 0.25) is 0 Å². The topological polar surface area (TPSA) is 4.41 Å². The first kappa shape index (κ1) is 22.9. The predicted molar refractivity (Wildman–Crippen MR) is 182 cm³/mol. The van der Waals surface area contributed by atoms with Crippen LogP contribution in [0.1, 0.15) is 26.3 Å². The third-order valence-electron chi connectivity index (χ3n) is 9.20. The van der Waals surface area contributed by atoms with Gasteiger partial charge in [0.25, 0.3) is 0 Å². The van der Waals surface area contributed by atoms with Crippen molar-refractivity contribution in [3.63, 3.8) is 0 Å². The highest BCUT2D eigenvalue weighted by Gasteiger charge is 2.29. The summed E-state index contributed by atoms with van der Waals surface area (Å²) in [6.45, 7) is 7.09. The minimum absolute atomic E-state index is 0.100. The predicted octanol–water partition coefficient (Wildman–Crippen LogP) is -11.3. The molecule has 0 atom stereocenters. The summed E-state index contributed by atoms with van der Waals surface area (Å²) in [5, 5.41) is 5.87. The molecule has 5 rings (SSSR count). The van der Waals surface area contributed by atoms with Crippen LogP contribution < -0.4 is 54.6 Å². The van der Waals surface area contributed by atoms with Gasteiger partial charge in [0.1, 0.15) is 78.5 Å². The maximum Gasteiger partial charge on any atom is 0.142 e. The fraction of sp³-hybridized carbons (Fsp3) is 0.182. The summed E-state index contributed by atoms with van der Waals surface area (Å²) in [6, 6.07) is 0. The van der Waals surface area contributed by atoms with Crippen LogP contribution in [0.5, 0.6) is 0 Å². The number of fused-ring (bicyclic) bond motifs is 6. The molecule has 0 fully saturated rings. The van der Waals surface area contributed by atoms with E-state index in [-0.39, 0.29) is 5.41 Å². The Hall–Kier alpha value is -1.89. The Balaban J connectivity index is 2.33. The van der Waals surface area contributed by atoms with Crippen molar-refractivity contribution in [2.45, 2.75) is 26.2 Å². The highest BCUT2D eigenvalue weighted by atomic mass is 14.9. The fourth-order valence-corrected chi connectivity index (χ4v) is 7.04. The fourth-order valence-electron chi connectivity index (χ4n) is 7.04. The molecule has 0 aliphatic rings. The van der Waals surface area contributed by atoms with Gasteiger partial charge in [-0.15, -0.1) is 5.46 Å². The molecule has 0 saturated heterocycles. The number of aromatic nitrogens is 1. The monoisotopic (exact) mass is 417 g/mol. The standard InChI is InChI=1S/C22H29B10N/c1-22(2,3)8-13(27)9(23)6-4-10(24)15(29)11(25)5-7-12(26)16(30)17(31)18(32)21(7)33(19(4)5)20(6)14(8)28/h23-32H2,1-3H3. The Morgan fingerprint density at radius 1 is 0.394 bits per heavy atom. The van der Waals surface area contributed by atoms with Crippen LogP contribution >= 0.6 is 0 Å². The Morgan fingerprint density at radius 3 is 1.18 bits per heavy atom. The van der Waals surface area contributed by atoms with Gasteiger partial charge in [-0.05, 0) is 16.2 Å². The molecule has 2 heterocycles. The van der Waals surface area contributed by atoms with Crippen molar-refractivity contribution in [3.05, 3.63) is 5.56 Å². The van der Waals surface area contributed by atoms with Crippen LogP contribution in [-0.2, 0) is 5.41 Å². The summed E-state index contributed by atoms with van der Waals surface area (Å²) in [7, 11) is 23.3. The lowest BCUT2D eigenvalue weighted by molar-refractivity contribution is 0.598. The zero-order valence-electron chi connectivity index (χ0n) is 22.9. The Bertz CT molecular complexity index is 1690. The molecule has 0 aliphatic heterocycles. The largest absolute Gasteiger partial charge is 0.309 e. The van der Waals surface area contributed by atoms with Crippen molar-refractivity contribution in [3.8, 4) is 0 Å². The van der Waals surface area contributed by atoms with Crippen LogP contribution in [-0.4, -0.2) is 82.9 Å². The van der Waals surface area contributed by atoms with Crippen molar-refractivity contribution >= 4 is 171 Å². The number of benzene rings is 3. The van der Waals surface area contributed by atoms with Gasteiger partial charge in [-0.3, -0.25) is 0 Å². The molecule has 0 amide bonds. The third-order valence-corrected chi connectivity index (χ3v) is 9.20. The summed E-state index contributed by atoms with van der Waals surface area (Å²) in [5.74, 6) is 0. The number of hydrogen-bond acceptors (Lipinski definition) is 0. The van der Waals surface area contributed by atoms with Crippen molar-refractivity contribution in [1.29, 1.82) is 0 Å². The van der Waals surface area contributed by atoms with Crippen LogP contribution in [0.2, 0.25) is 0 Å². The molecule has 5 aromatic rings. The van der Waals surface area contributed by atoms with E-state index in [2.05, 4.69) is 104 Å². The molecule has 0 unspecified atom stereocenters. The molecule has 1 nitrogen and oxygen atoms in total. The molecule has 0 spiro atoms. The first-order chi connectivity index (χ1) is 15.2. The molecule has 0 radical (unpaired) electrons. The molecule has 152 valence electrons. The van der Waals surface area contributed by atoms with E-state index in [9.17, 15) is 0 Å². The van der Waals surface area contributed by atoms with Crippen LogP contribution in [0, 0.1) is 0 Å². The highest BCUT2D eigenvalue weighted by molar-refractivity contribution is 6.71. The third kappa shape index (κ3) is 2.58. The first-order valence-corrected chi connectivity index (χ1v) is 12.4. The Labute approximate surface area is 207 Å². The van der Waals surface area contributed by atoms with E-state index < -0.39 is 0 Å². The summed E-state index contributed by atoms with van der Waals surface area (Å²) >= 11 is 0. The van der Waals surface area contributed by atoms with Gasteiger partial charge in [0.05, 0.1) is 5.52 Å². The van der Waals surface area contributed by atoms with Crippen LogP contribution in [0.25, 0.3) is 38.1 Å². The van der Waals surface area contributed by atoms with Crippen LogP contribution in [0.4, 0.5) is 0 Å². The average Bonchev–Trinajstić information content (AvgIpc) is 3.25. The van der Waals surface area contributed by atoms with Crippen molar-refractivity contribution < 1.29 is 0 Å². The molecule has 0 bridgehead atoms. The van der Waals surface area contributed by atoms with Crippen molar-refractivity contribution in [2.24, 2.45) is 0 Å². The highest BCUT2D eigenvalue weighted by Crippen LogP contribution is 2.34. The van der Waals surface area contributed by atoms with Gasteiger partial charge in [0, 0.05) is 21.8 Å². The molecule has 11 heteroatoms. The van der Waals surface area contributed by atoms with E-state index in [1.165, 1.54) is 98.3 Å². The zero-order chi connectivity index (χ0) is 24.5. The van der Waals surface area contributed by atoms with Crippen LogP contribution in [0.3, 0.4) is 0 Å². The van der Waals surface area contributed by atoms with Gasteiger partial charge in [-0.25, -0.2) is 0 Å². The van der Waals surface area contributed by atoms with Crippen LogP contribution in [0.15, 0.2) is 0 Å². The molecular formula is C22H29B10N. The van der Waals surface area contributed by atoms with Gasteiger partial charge >= 0.3 is 0 Å². The van der Waals surface area contributed by atoms with Gasteiger partial charge in [-0.1, -0.05) is 75.5 Å². The second kappa shape index (κ2) is 6.83. The second-order valence-corrected chi connectivity index (χ2v) is 11.8.